The Morgan fingerprint density at radius 1 is 1.29 bits per heavy atom. The SMILES string of the molecule is CNc1cncc(Oc2cc(C)ccc2Cl)n1. The Morgan fingerprint density at radius 2 is 2.12 bits per heavy atom. The first kappa shape index (κ1) is 11.7. The van der Waals surface area contributed by atoms with Gasteiger partial charge in [0, 0.05) is 7.05 Å². The molecule has 0 radical (unpaired) electrons. The second kappa shape index (κ2) is 5.01. The summed E-state index contributed by atoms with van der Waals surface area (Å²) in [7, 11) is 1.77. The molecule has 0 bridgehead atoms. The highest BCUT2D eigenvalue weighted by Gasteiger charge is 2.05. The van der Waals surface area contributed by atoms with Crippen LogP contribution in [0.15, 0.2) is 30.6 Å². The predicted molar refractivity (Wildman–Crippen MR) is 67.8 cm³/mol. The fraction of sp³-hybridized carbons (Fsp3) is 0.167. The molecule has 5 heteroatoms. The van der Waals surface area contributed by atoms with Crippen LogP contribution in [0.3, 0.4) is 0 Å². The first-order valence-corrected chi connectivity index (χ1v) is 5.50. The van der Waals surface area contributed by atoms with Gasteiger partial charge in [-0.2, -0.15) is 4.98 Å². The number of halogens is 1. The van der Waals surface area contributed by atoms with Crippen LogP contribution in [-0.4, -0.2) is 17.0 Å². The molecule has 0 aliphatic rings. The van der Waals surface area contributed by atoms with E-state index in [1.165, 1.54) is 0 Å². The number of aromatic nitrogens is 2. The van der Waals surface area contributed by atoms with Crippen molar-refractivity contribution in [2.75, 3.05) is 12.4 Å². The molecule has 1 aromatic carbocycles. The van der Waals surface area contributed by atoms with Gasteiger partial charge >= 0.3 is 0 Å². The summed E-state index contributed by atoms with van der Waals surface area (Å²) >= 11 is 6.03. The van der Waals surface area contributed by atoms with Gasteiger partial charge in [0.05, 0.1) is 17.4 Å². The maximum absolute atomic E-state index is 6.03. The number of nitrogens with one attached hydrogen (secondary N) is 1. The van der Waals surface area contributed by atoms with Gasteiger partial charge in [-0.25, -0.2) is 0 Å². The molecule has 1 aromatic heterocycles. The van der Waals surface area contributed by atoms with Crippen molar-refractivity contribution < 1.29 is 4.74 Å². The van der Waals surface area contributed by atoms with E-state index in [1.807, 2.05) is 19.1 Å². The number of anilines is 1. The molecular weight excluding hydrogens is 238 g/mol. The Hall–Kier alpha value is -1.81. The molecule has 0 saturated heterocycles. The number of rotatable bonds is 3. The van der Waals surface area contributed by atoms with Crippen LogP contribution in [0.1, 0.15) is 5.56 Å². The Kier molecular flexibility index (Phi) is 3.44. The first-order valence-electron chi connectivity index (χ1n) is 5.13. The van der Waals surface area contributed by atoms with Crippen LogP contribution in [0, 0.1) is 6.92 Å². The van der Waals surface area contributed by atoms with Gasteiger partial charge in [0.25, 0.3) is 0 Å². The summed E-state index contributed by atoms with van der Waals surface area (Å²) < 4.78 is 5.59. The normalized spacial score (nSPS) is 10.1. The summed E-state index contributed by atoms with van der Waals surface area (Å²) in [6.45, 7) is 1.97. The molecule has 0 aliphatic carbocycles. The molecule has 0 fully saturated rings. The van der Waals surface area contributed by atoms with Crippen LogP contribution in [0.5, 0.6) is 11.6 Å². The molecule has 0 amide bonds. The van der Waals surface area contributed by atoms with E-state index in [9.17, 15) is 0 Å². The third-order valence-electron chi connectivity index (χ3n) is 2.17. The van der Waals surface area contributed by atoms with Gasteiger partial charge in [0.2, 0.25) is 5.88 Å². The van der Waals surface area contributed by atoms with Crippen molar-refractivity contribution in [3.63, 3.8) is 0 Å². The first-order chi connectivity index (χ1) is 8.19. The zero-order valence-electron chi connectivity index (χ0n) is 9.57. The molecule has 4 nitrogen and oxygen atoms in total. The maximum Gasteiger partial charge on any atom is 0.239 e. The second-order valence-electron chi connectivity index (χ2n) is 3.53. The van der Waals surface area contributed by atoms with E-state index >= 15 is 0 Å². The van der Waals surface area contributed by atoms with Crippen molar-refractivity contribution in [2.24, 2.45) is 0 Å². The van der Waals surface area contributed by atoms with E-state index in [0.717, 1.165) is 5.56 Å². The molecule has 0 spiro atoms. The van der Waals surface area contributed by atoms with Crippen molar-refractivity contribution in [3.05, 3.63) is 41.2 Å². The van der Waals surface area contributed by atoms with Gasteiger partial charge in [0.1, 0.15) is 11.6 Å². The lowest BCUT2D eigenvalue weighted by Crippen LogP contribution is -1.96. The quantitative estimate of drug-likeness (QED) is 0.907. The average molecular weight is 250 g/mol. The molecule has 88 valence electrons. The highest BCUT2D eigenvalue weighted by molar-refractivity contribution is 6.32. The standard InChI is InChI=1S/C12H12ClN3O/c1-8-3-4-9(13)10(5-8)17-12-7-15-6-11(14-2)16-12/h3-7H,1-2H3,(H,14,16). The zero-order valence-corrected chi connectivity index (χ0v) is 10.3. The minimum Gasteiger partial charge on any atom is -0.436 e. The molecule has 17 heavy (non-hydrogen) atoms. The van der Waals surface area contributed by atoms with Crippen molar-refractivity contribution in [3.8, 4) is 11.6 Å². The van der Waals surface area contributed by atoms with Crippen LogP contribution >= 0.6 is 11.6 Å². The highest BCUT2D eigenvalue weighted by atomic mass is 35.5. The third-order valence-corrected chi connectivity index (χ3v) is 2.48. The molecule has 0 saturated carbocycles. The molecule has 2 aromatic rings. The van der Waals surface area contributed by atoms with E-state index in [0.29, 0.717) is 22.5 Å². The molecule has 1 N–H and O–H groups in total. The summed E-state index contributed by atoms with van der Waals surface area (Å²) in [6.07, 6.45) is 3.16. The molecule has 0 atom stereocenters. The lowest BCUT2D eigenvalue weighted by Gasteiger charge is -2.08. The van der Waals surface area contributed by atoms with E-state index in [1.54, 1.807) is 25.5 Å². The zero-order chi connectivity index (χ0) is 12.3. The van der Waals surface area contributed by atoms with Gasteiger partial charge < -0.3 is 10.1 Å². The Labute approximate surface area is 105 Å². The van der Waals surface area contributed by atoms with Crippen molar-refractivity contribution in [1.29, 1.82) is 0 Å². The number of benzene rings is 1. The Bertz CT molecular complexity index is 531. The number of hydrogen-bond acceptors (Lipinski definition) is 4. The molecule has 1 heterocycles. The van der Waals surface area contributed by atoms with Crippen LogP contribution in [0.25, 0.3) is 0 Å². The average Bonchev–Trinajstić information content (AvgIpc) is 2.34. The molecular formula is C12H12ClN3O. The maximum atomic E-state index is 6.03. The summed E-state index contributed by atoms with van der Waals surface area (Å²) in [5.74, 6) is 1.63. The monoisotopic (exact) mass is 249 g/mol. The van der Waals surface area contributed by atoms with Gasteiger partial charge in [-0.3, -0.25) is 4.98 Å². The summed E-state index contributed by atoms with van der Waals surface area (Å²) in [5.41, 5.74) is 1.07. The van der Waals surface area contributed by atoms with Gasteiger partial charge in [-0.05, 0) is 24.6 Å². The fourth-order valence-corrected chi connectivity index (χ4v) is 1.48. The lowest BCUT2D eigenvalue weighted by molar-refractivity contribution is 0.461. The summed E-state index contributed by atoms with van der Waals surface area (Å²) in [5, 5.41) is 3.44. The summed E-state index contributed by atoms with van der Waals surface area (Å²) in [4.78, 5) is 8.21. The van der Waals surface area contributed by atoms with E-state index in [2.05, 4.69) is 15.3 Å². The summed E-state index contributed by atoms with van der Waals surface area (Å²) in [6, 6.07) is 5.57. The molecule has 0 aliphatic heterocycles. The minimum atomic E-state index is 0.407. The largest absolute Gasteiger partial charge is 0.436 e. The number of nitrogens with zero attached hydrogens (tertiary/aromatic N) is 2. The molecule has 0 unspecified atom stereocenters. The van der Waals surface area contributed by atoms with E-state index < -0.39 is 0 Å². The topological polar surface area (TPSA) is 47.0 Å². The highest BCUT2D eigenvalue weighted by Crippen LogP contribution is 2.29. The second-order valence-corrected chi connectivity index (χ2v) is 3.94. The number of aryl methyl sites for hydroxylation is 1. The lowest BCUT2D eigenvalue weighted by atomic mass is 10.2. The smallest absolute Gasteiger partial charge is 0.239 e. The van der Waals surface area contributed by atoms with Crippen LogP contribution in [0.4, 0.5) is 5.82 Å². The number of ether oxygens (including phenoxy) is 1. The van der Waals surface area contributed by atoms with E-state index in [-0.39, 0.29) is 0 Å². The van der Waals surface area contributed by atoms with Crippen LogP contribution < -0.4 is 10.1 Å². The predicted octanol–water partition coefficient (Wildman–Crippen LogP) is 3.27. The Morgan fingerprint density at radius 3 is 2.88 bits per heavy atom. The molecule has 2 rings (SSSR count). The Balaban J connectivity index is 2.27. The van der Waals surface area contributed by atoms with Gasteiger partial charge in [-0.15, -0.1) is 0 Å². The van der Waals surface area contributed by atoms with Crippen molar-refractivity contribution in [2.45, 2.75) is 6.92 Å². The minimum absolute atomic E-state index is 0.407. The van der Waals surface area contributed by atoms with Crippen LogP contribution in [-0.2, 0) is 0 Å². The van der Waals surface area contributed by atoms with Crippen LogP contribution in [0.2, 0.25) is 5.02 Å². The third kappa shape index (κ3) is 2.85. The van der Waals surface area contributed by atoms with Crippen molar-refractivity contribution >= 4 is 17.4 Å². The number of hydrogen-bond donors (Lipinski definition) is 1. The fourth-order valence-electron chi connectivity index (χ4n) is 1.32. The van der Waals surface area contributed by atoms with Gasteiger partial charge in [-0.1, -0.05) is 17.7 Å². The van der Waals surface area contributed by atoms with Gasteiger partial charge in [0.15, 0.2) is 0 Å². The van der Waals surface area contributed by atoms with E-state index in [4.69, 9.17) is 16.3 Å². The van der Waals surface area contributed by atoms with Crippen molar-refractivity contribution in [1.82, 2.24) is 9.97 Å².